The van der Waals surface area contributed by atoms with Crippen LogP contribution >= 0.6 is 0 Å². The van der Waals surface area contributed by atoms with E-state index >= 15 is 0 Å². The van der Waals surface area contributed by atoms with Crippen LogP contribution in [-0.2, 0) is 0 Å². The highest BCUT2D eigenvalue weighted by atomic mass is 15.1. The molecule has 0 bridgehead atoms. The summed E-state index contributed by atoms with van der Waals surface area (Å²) in [4.78, 5) is 8.14. The maximum atomic E-state index is 5.73. The third-order valence-electron chi connectivity index (χ3n) is 2.45. The lowest BCUT2D eigenvalue weighted by atomic mass is 10.1. The quantitative estimate of drug-likeness (QED) is 0.805. The molecule has 0 atom stereocenters. The number of nitrogens with one attached hydrogen (secondary N) is 1. The number of aromatic nitrogens is 2. The Bertz CT molecular complexity index is 488. The van der Waals surface area contributed by atoms with Crippen molar-refractivity contribution < 1.29 is 0 Å². The average Bonchev–Trinajstić information content (AvgIpc) is 2.26. The first-order valence-electron chi connectivity index (χ1n) is 5.08. The van der Waals surface area contributed by atoms with Crippen molar-refractivity contribution in [2.75, 3.05) is 11.1 Å². The molecule has 82 valence electrons. The number of nitrogen functional groups attached to an aromatic ring is 1. The number of hydrogen-bond donors (Lipinski definition) is 2. The van der Waals surface area contributed by atoms with Crippen LogP contribution in [0, 0.1) is 13.8 Å². The van der Waals surface area contributed by atoms with Crippen molar-refractivity contribution in [2.24, 2.45) is 0 Å². The molecule has 2 rings (SSSR count). The predicted octanol–water partition coefficient (Wildman–Crippen LogP) is 2.42. The van der Waals surface area contributed by atoms with Crippen LogP contribution in [0.3, 0.4) is 0 Å². The zero-order chi connectivity index (χ0) is 11.5. The van der Waals surface area contributed by atoms with Crippen LogP contribution in [0.15, 0.2) is 30.6 Å². The Morgan fingerprint density at radius 3 is 2.31 bits per heavy atom. The summed E-state index contributed by atoms with van der Waals surface area (Å²) in [6.07, 6.45) is 3.19. The molecule has 2 aromatic rings. The minimum atomic E-state index is 0.408. The van der Waals surface area contributed by atoms with Crippen LogP contribution in [0.2, 0.25) is 0 Å². The first kappa shape index (κ1) is 10.4. The number of nitrogens with two attached hydrogens (primary N) is 1. The van der Waals surface area contributed by atoms with Crippen molar-refractivity contribution in [1.82, 2.24) is 9.97 Å². The summed E-state index contributed by atoms with van der Waals surface area (Å²) in [5.41, 5.74) is 9.08. The fraction of sp³-hybridized carbons (Fsp3) is 0.167. The van der Waals surface area contributed by atoms with E-state index in [4.69, 9.17) is 5.73 Å². The van der Waals surface area contributed by atoms with E-state index in [9.17, 15) is 0 Å². The summed E-state index contributed by atoms with van der Waals surface area (Å²) in [6, 6.07) is 6.11. The van der Waals surface area contributed by atoms with Gasteiger partial charge in [0.25, 0.3) is 0 Å². The van der Waals surface area contributed by atoms with E-state index in [0.29, 0.717) is 11.6 Å². The van der Waals surface area contributed by atoms with Gasteiger partial charge in [0, 0.05) is 18.1 Å². The Kier molecular flexibility index (Phi) is 2.72. The predicted molar refractivity (Wildman–Crippen MR) is 65.6 cm³/mol. The van der Waals surface area contributed by atoms with Gasteiger partial charge in [-0.1, -0.05) is 18.2 Å². The van der Waals surface area contributed by atoms with Gasteiger partial charge in [-0.05, 0) is 25.0 Å². The molecular formula is C12H14N4. The average molecular weight is 214 g/mol. The Morgan fingerprint density at radius 2 is 1.69 bits per heavy atom. The van der Waals surface area contributed by atoms with E-state index in [2.05, 4.69) is 15.3 Å². The number of anilines is 3. The van der Waals surface area contributed by atoms with Gasteiger partial charge in [0.2, 0.25) is 0 Å². The fourth-order valence-corrected chi connectivity index (χ4v) is 1.58. The molecule has 0 amide bonds. The highest BCUT2D eigenvalue weighted by Crippen LogP contribution is 2.24. The molecule has 0 fully saturated rings. The first-order chi connectivity index (χ1) is 7.68. The number of benzene rings is 1. The van der Waals surface area contributed by atoms with E-state index in [1.165, 1.54) is 0 Å². The van der Waals surface area contributed by atoms with Crippen molar-refractivity contribution in [1.29, 1.82) is 0 Å². The van der Waals surface area contributed by atoms with Crippen LogP contribution in [-0.4, -0.2) is 9.97 Å². The Morgan fingerprint density at radius 1 is 1.06 bits per heavy atom. The lowest BCUT2D eigenvalue weighted by Crippen LogP contribution is -2.03. The van der Waals surface area contributed by atoms with Crippen LogP contribution < -0.4 is 11.1 Å². The molecule has 0 radical (unpaired) electrons. The lowest BCUT2D eigenvalue weighted by Gasteiger charge is -2.12. The van der Waals surface area contributed by atoms with Crippen molar-refractivity contribution >= 4 is 17.3 Å². The molecule has 0 aliphatic heterocycles. The highest BCUT2D eigenvalue weighted by molar-refractivity contribution is 5.69. The molecular weight excluding hydrogens is 200 g/mol. The van der Waals surface area contributed by atoms with Crippen molar-refractivity contribution in [2.45, 2.75) is 13.8 Å². The van der Waals surface area contributed by atoms with Crippen molar-refractivity contribution in [3.05, 3.63) is 41.7 Å². The SMILES string of the molecule is Cc1cccc(C)c1Nc1nccnc1N. The standard InChI is InChI=1S/C12H14N4/c1-8-4-3-5-9(2)10(8)16-12-11(13)14-6-7-15-12/h3-7H,1-2H3,(H2,13,14)(H,15,16). The summed E-state index contributed by atoms with van der Waals surface area (Å²) in [7, 11) is 0. The summed E-state index contributed by atoms with van der Waals surface area (Å²) in [5, 5.41) is 3.21. The van der Waals surface area contributed by atoms with E-state index in [1.54, 1.807) is 12.4 Å². The summed E-state index contributed by atoms with van der Waals surface area (Å²) in [6.45, 7) is 4.09. The number of rotatable bonds is 2. The van der Waals surface area contributed by atoms with E-state index in [-0.39, 0.29) is 0 Å². The lowest BCUT2D eigenvalue weighted by molar-refractivity contribution is 1.20. The van der Waals surface area contributed by atoms with E-state index in [0.717, 1.165) is 16.8 Å². The third kappa shape index (κ3) is 1.95. The number of hydrogen-bond acceptors (Lipinski definition) is 4. The molecule has 0 unspecified atom stereocenters. The summed E-state index contributed by atoms with van der Waals surface area (Å²) >= 11 is 0. The molecule has 3 N–H and O–H groups in total. The largest absolute Gasteiger partial charge is 0.381 e. The molecule has 4 nitrogen and oxygen atoms in total. The maximum Gasteiger partial charge on any atom is 0.173 e. The van der Waals surface area contributed by atoms with Gasteiger partial charge >= 0.3 is 0 Å². The third-order valence-corrected chi connectivity index (χ3v) is 2.45. The molecule has 0 aliphatic rings. The minimum absolute atomic E-state index is 0.408. The molecule has 16 heavy (non-hydrogen) atoms. The highest BCUT2D eigenvalue weighted by Gasteiger charge is 2.05. The summed E-state index contributed by atoms with van der Waals surface area (Å²) in [5.74, 6) is 1.00. The second-order valence-corrected chi connectivity index (χ2v) is 3.68. The van der Waals surface area contributed by atoms with Gasteiger partial charge in [-0.15, -0.1) is 0 Å². The minimum Gasteiger partial charge on any atom is -0.381 e. The number of aryl methyl sites for hydroxylation is 2. The Labute approximate surface area is 94.5 Å². The van der Waals surface area contributed by atoms with Crippen molar-refractivity contribution in [3.63, 3.8) is 0 Å². The molecule has 1 aromatic heterocycles. The van der Waals surface area contributed by atoms with Gasteiger partial charge < -0.3 is 11.1 Å². The maximum absolute atomic E-state index is 5.73. The first-order valence-corrected chi connectivity index (χ1v) is 5.08. The zero-order valence-corrected chi connectivity index (χ0v) is 9.36. The van der Waals surface area contributed by atoms with Gasteiger partial charge in [0.05, 0.1) is 0 Å². The molecule has 1 heterocycles. The molecule has 0 spiro atoms. The number of para-hydroxylation sites is 1. The van der Waals surface area contributed by atoms with Gasteiger partial charge in [-0.3, -0.25) is 0 Å². The fourth-order valence-electron chi connectivity index (χ4n) is 1.58. The second kappa shape index (κ2) is 4.18. The Hall–Kier alpha value is -2.10. The molecule has 0 saturated carbocycles. The smallest absolute Gasteiger partial charge is 0.173 e. The van der Waals surface area contributed by atoms with Gasteiger partial charge in [0.15, 0.2) is 11.6 Å². The molecule has 4 heteroatoms. The Balaban J connectivity index is 2.38. The van der Waals surface area contributed by atoms with Crippen LogP contribution in [0.1, 0.15) is 11.1 Å². The molecule has 0 aliphatic carbocycles. The molecule has 1 aromatic carbocycles. The summed E-state index contributed by atoms with van der Waals surface area (Å²) < 4.78 is 0. The van der Waals surface area contributed by atoms with Gasteiger partial charge in [-0.2, -0.15) is 0 Å². The van der Waals surface area contributed by atoms with Crippen LogP contribution in [0.25, 0.3) is 0 Å². The zero-order valence-electron chi connectivity index (χ0n) is 9.36. The van der Waals surface area contributed by atoms with Gasteiger partial charge in [0.1, 0.15) is 0 Å². The normalized spacial score (nSPS) is 10.1. The van der Waals surface area contributed by atoms with E-state index < -0.39 is 0 Å². The molecule has 0 saturated heterocycles. The monoisotopic (exact) mass is 214 g/mol. The number of nitrogens with zero attached hydrogens (tertiary/aromatic N) is 2. The van der Waals surface area contributed by atoms with Crippen molar-refractivity contribution in [3.8, 4) is 0 Å². The van der Waals surface area contributed by atoms with Gasteiger partial charge in [-0.25, -0.2) is 9.97 Å². The second-order valence-electron chi connectivity index (χ2n) is 3.68. The van der Waals surface area contributed by atoms with Crippen LogP contribution in [0.5, 0.6) is 0 Å². The van der Waals surface area contributed by atoms with Crippen LogP contribution in [0.4, 0.5) is 17.3 Å². The topological polar surface area (TPSA) is 63.8 Å². The van der Waals surface area contributed by atoms with E-state index in [1.807, 2.05) is 32.0 Å².